The average Bonchev–Trinajstić information content (AvgIpc) is 2.89. The summed E-state index contributed by atoms with van der Waals surface area (Å²) in [6, 6.07) is 2.09. The Bertz CT molecular complexity index is 359. The normalized spacial score (nSPS) is 18.0. The van der Waals surface area contributed by atoms with Crippen LogP contribution in [0.4, 0.5) is 0 Å². The first-order valence-corrected chi connectivity index (χ1v) is 7.31. The van der Waals surface area contributed by atoms with E-state index >= 15 is 0 Å². The molecule has 5 heteroatoms. The molecule has 2 heterocycles. The molecule has 0 radical (unpaired) electrons. The summed E-state index contributed by atoms with van der Waals surface area (Å²) in [6.45, 7) is 4.40. The molecule has 19 heavy (non-hydrogen) atoms. The fraction of sp³-hybridized carbons (Fsp3) is 0.786. The van der Waals surface area contributed by atoms with Crippen LogP contribution in [0.15, 0.2) is 12.3 Å². The topological polar surface area (TPSA) is 61.5 Å². The maximum Gasteiger partial charge on any atom is 0.0644 e. The van der Waals surface area contributed by atoms with Gasteiger partial charge < -0.3 is 15.1 Å². The molecule has 0 unspecified atom stereocenters. The van der Waals surface area contributed by atoms with Gasteiger partial charge in [0, 0.05) is 24.4 Å². The van der Waals surface area contributed by atoms with Crippen molar-refractivity contribution >= 4 is 0 Å². The number of hydrogen-bond donors (Lipinski definition) is 2. The number of rotatable bonds is 7. The highest BCUT2D eigenvalue weighted by molar-refractivity contribution is 5.09. The molecule has 0 saturated carbocycles. The van der Waals surface area contributed by atoms with E-state index in [1.54, 1.807) is 0 Å². The second-order valence-electron chi connectivity index (χ2n) is 5.25. The second kappa shape index (κ2) is 7.62. The van der Waals surface area contributed by atoms with E-state index in [0.29, 0.717) is 19.1 Å². The van der Waals surface area contributed by atoms with Gasteiger partial charge in [-0.25, -0.2) is 0 Å². The van der Waals surface area contributed by atoms with Crippen LogP contribution in [-0.4, -0.2) is 57.7 Å². The molecule has 2 N–H and O–H groups in total. The number of nitrogens with zero attached hydrogens (tertiary/aromatic N) is 3. The number of hydrogen-bond acceptors (Lipinski definition) is 4. The minimum Gasteiger partial charge on any atom is -0.396 e. The molecule has 1 fully saturated rings. The highest BCUT2D eigenvalue weighted by atomic mass is 16.3. The summed E-state index contributed by atoms with van der Waals surface area (Å²) in [5.41, 5.74) is 1.27. The number of piperidine rings is 1. The van der Waals surface area contributed by atoms with Crippen LogP contribution in [0.25, 0.3) is 0 Å². The van der Waals surface area contributed by atoms with E-state index in [0.717, 1.165) is 45.3 Å². The molecular weight excluding hydrogens is 242 g/mol. The zero-order valence-electron chi connectivity index (χ0n) is 11.5. The molecular formula is C14H25N3O2. The quantitative estimate of drug-likeness (QED) is 0.718. The van der Waals surface area contributed by atoms with E-state index in [-0.39, 0.29) is 6.61 Å². The fourth-order valence-electron chi connectivity index (χ4n) is 2.87. The summed E-state index contributed by atoms with van der Waals surface area (Å²) in [5, 5.41) is 22.1. The molecule has 0 bridgehead atoms. The lowest BCUT2D eigenvalue weighted by Crippen LogP contribution is -2.34. The molecule has 5 nitrogen and oxygen atoms in total. The Labute approximate surface area is 114 Å². The maximum absolute atomic E-state index is 9.03. The number of aliphatic hydroxyl groups excluding tert-OH is 2. The Balaban J connectivity index is 1.80. The van der Waals surface area contributed by atoms with Gasteiger partial charge in [-0.15, -0.1) is 0 Å². The summed E-state index contributed by atoms with van der Waals surface area (Å²) in [4.78, 5) is 2.49. The van der Waals surface area contributed by atoms with Crippen LogP contribution >= 0.6 is 0 Å². The van der Waals surface area contributed by atoms with Crippen molar-refractivity contribution < 1.29 is 10.2 Å². The summed E-state index contributed by atoms with van der Waals surface area (Å²) < 4.78 is 1.94. The van der Waals surface area contributed by atoms with Crippen LogP contribution in [0, 0.1) is 0 Å². The first kappa shape index (κ1) is 14.5. The van der Waals surface area contributed by atoms with Gasteiger partial charge in [0.05, 0.1) is 13.2 Å². The highest BCUT2D eigenvalue weighted by Crippen LogP contribution is 2.27. The SMILES string of the molecule is OCCCCN1CCC(c2ccnn2CCO)CC1. The summed E-state index contributed by atoms with van der Waals surface area (Å²) in [5.74, 6) is 0.572. The molecule has 2 rings (SSSR count). The van der Waals surface area contributed by atoms with Gasteiger partial charge in [0.1, 0.15) is 0 Å². The van der Waals surface area contributed by atoms with Crippen molar-refractivity contribution in [3.05, 3.63) is 18.0 Å². The Morgan fingerprint density at radius 3 is 2.58 bits per heavy atom. The number of aliphatic hydroxyl groups is 2. The molecule has 1 saturated heterocycles. The Morgan fingerprint density at radius 2 is 1.89 bits per heavy atom. The lowest BCUT2D eigenvalue weighted by atomic mass is 9.93. The van der Waals surface area contributed by atoms with Crippen LogP contribution in [0.1, 0.15) is 37.3 Å². The van der Waals surface area contributed by atoms with E-state index in [9.17, 15) is 0 Å². The van der Waals surface area contributed by atoms with E-state index < -0.39 is 0 Å². The third-order valence-corrected chi connectivity index (χ3v) is 3.95. The van der Waals surface area contributed by atoms with Crippen molar-refractivity contribution in [2.45, 2.75) is 38.1 Å². The third kappa shape index (κ3) is 4.03. The monoisotopic (exact) mass is 267 g/mol. The first-order valence-electron chi connectivity index (χ1n) is 7.31. The van der Waals surface area contributed by atoms with Gasteiger partial charge in [-0.2, -0.15) is 5.10 Å². The molecule has 0 aromatic carbocycles. The Kier molecular flexibility index (Phi) is 5.82. The zero-order chi connectivity index (χ0) is 13.5. The van der Waals surface area contributed by atoms with Gasteiger partial charge in [-0.05, 0) is 51.4 Å². The molecule has 0 amide bonds. The van der Waals surface area contributed by atoms with Gasteiger partial charge in [0.25, 0.3) is 0 Å². The van der Waals surface area contributed by atoms with E-state index in [2.05, 4.69) is 16.1 Å². The Morgan fingerprint density at radius 1 is 1.11 bits per heavy atom. The lowest BCUT2D eigenvalue weighted by Gasteiger charge is -2.32. The molecule has 108 valence electrons. The van der Waals surface area contributed by atoms with Gasteiger partial charge in [0.2, 0.25) is 0 Å². The van der Waals surface area contributed by atoms with E-state index in [1.165, 1.54) is 5.69 Å². The van der Waals surface area contributed by atoms with Crippen molar-refractivity contribution in [3.63, 3.8) is 0 Å². The van der Waals surface area contributed by atoms with Crippen LogP contribution < -0.4 is 0 Å². The first-order chi connectivity index (χ1) is 9.35. The summed E-state index contributed by atoms with van der Waals surface area (Å²) in [7, 11) is 0. The van der Waals surface area contributed by atoms with E-state index in [1.807, 2.05) is 10.9 Å². The minimum atomic E-state index is 0.148. The Hall–Kier alpha value is -0.910. The lowest BCUT2D eigenvalue weighted by molar-refractivity contribution is 0.195. The minimum absolute atomic E-state index is 0.148. The number of unbranched alkanes of at least 4 members (excludes halogenated alkanes) is 1. The van der Waals surface area contributed by atoms with Gasteiger partial charge in [-0.1, -0.05) is 0 Å². The van der Waals surface area contributed by atoms with Gasteiger partial charge in [0.15, 0.2) is 0 Å². The van der Waals surface area contributed by atoms with Crippen molar-refractivity contribution in [3.8, 4) is 0 Å². The maximum atomic E-state index is 9.03. The standard InChI is InChI=1S/C14H25N3O2/c18-11-2-1-7-16-8-4-13(5-9-16)14-3-6-15-17(14)10-12-19/h3,6,13,18-19H,1-2,4-5,7-12H2. The smallest absolute Gasteiger partial charge is 0.0644 e. The van der Waals surface area contributed by atoms with Crippen LogP contribution in [-0.2, 0) is 6.54 Å². The van der Waals surface area contributed by atoms with Gasteiger partial charge >= 0.3 is 0 Å². The number of aromatic nitrogens is 2. The van der Waals surface area contributed by atoms with E-state index in [4.69, 9.17) is 10.2 Å². The predicted octanol–water partition coefficient (Wildman–Crippen LogP) is 0.827. The fourth-order valence-corrected chi connectivity index (χ4v) is 2.87. The summed E-state index contributed by atoms with van der Waals surface area (Å²) in [6.07, 6.45) is 6.15. The molecule has 1 aliphatic rings. The molecule has 0 atom stereocenters. The van der Waals surface area contributed by atoms with Crippen molar-refractivity contribution in [2.75, 3.05) is 32.8 Å². The zero-order valence-corrected chi connectivity index (χ0v) is 11.5. The predicted molar refractivity (Wildman–Crippen MR) is 74.0 cm³/mol. The third-order valence-electron chi connectivity index (χ3n) is 3.95. The van der Waals surface area contributed by atoms with Crippen molar-refractivity contribution in [1.29, 1.82) is 0 Å². The summed E-state index contributed by atoms with van der Waals surface area (Å²) >= 11 is 0. The molecule has 0 aliphatic carbocycles. The molecule has 0 spiro atoms. The van der Waals surface area contributed by atoms with Gasteiger partial charge in [-0.3, -0.25) is 4.68 Å². The number of likely N-dealkylation sites (tertiary alicyclic amines) is 1. The van der Waals surface area contributed by atoms with Crippen molar-refractivity contribution in [1.82, 2.24) is 14.7 Å². The van der Waals surface area contributed by atoms with Crippen molar-refractivity contribution in [2.24, 2.45) is 0 Å². The van der Waals surface area contributed by atoms with Crippen LogP contribution in [0.3, 0.4) is 0 Å². The highest BCUT2D eigenvalue weighted by Gasteiger charge is 2.22. The second-order valence-corrected chi connectivity index (χ2v) is 5.25. The average molecular weight is 267 g/mol. The molecule has 1 aromatic rings. The molecule has 1 aromatic heterocycles. The molecule has 1 aliphatic heterocycles. The largest absolute Gasteiger partial charge is 0.396 e. The van der Waals surface area contributed by atoms with Crippen LogP contribution in [0.2, 0.25) is 0 Å². The van der Waals surface area contributed by atoms with Crippen LogP contribution in [0.5, 0.6) is 0 Å².